The Morgan fingerprint density at radius 1 is 1.35 bits per heavy atom. The first-order chi connectivity index (χ1) is 12.4. The molecule has 1 atom stereocenters. The molecule has 138 valence electrons. The number of hydrogen-bond acceptors (Lipinski definition) is 5. The molecule has 2 heterocycles. The monoisotopic (exact) mass is 374 g/mol. The zero-order valence-corrected chi connectivity index (χ0v) is 15.9. The van der Waals surface area contributed by atoms with Gasteiger partial charge in [-0.15, -0.1) is 0 Å². The summed E-state index contributed by atoms with van der Waals surface area (Å²) in [6.45, 7) is 3.01. The van der Waals surface area contributed by atoms with Crippen LogP contribution in [0.1, 0.15) is 13.3 Å². The molecule has 1 aromatic heterocycles. The molecule has 0 unspecified atom stereocenters. The number of carbonyl (C=O) groups excluding carboxylic acids is 1. The third-order valence-corrected chi connectivity index (χ3v) is 6.89. The van der Waals surface area contributed by atoms with E-state index in [9.17, 15) is 13.2 Å². The minimum absolute atomic E-state index is 0.0605. The number of nitrogens with zero attached hydrogens (tertiary/aromatic N) is 3. The van der Waals surface area contributed by atoms with Crippen molar-refractivity contribution in [2.75, 3.05) is 26.2 Å². The third-order valence-electron chi connectivity index (χ3n) is 4.83. The molecule has 26 heavy (non-hydrogen) atoms. The van der Waals surface area contributed by atoms with Crippen molar-refractivity contribution >= 4 is 40.0 Å². The van der Waals surface area contributed by atoms with Gasteiger partial charge in [0.1, 0.15) is 7.85 Å². The maximum absolute atomic E-state index is 13.4. The van der Waals surface area contributed by atoms with E-state index in [4.69, 9.17) is 5.73 Å². The zero-order chi connectivity index (χ0) is 18.9. The van der Waals surface area contributed by atoms with Crippen LogP contribution in [0.3, 0.4) is 0 Å². The Labute approximate surface area is 154 Å². The van der Waals surface area contributed by atoms with Crippen molar-refractivity contribution < 1.29 is 13.2 Å². The number of pyridine rings is 1. The fourth-order valence-electron chi connectivity index (χ4n) is 3.56. The number of hydrogen-bond donors (Lipinski definition) is 1. The first kappa shape index (κ1) is 18.8. The van der Waals surface area contributed by atoms with Crippen molar-refractivity contribution in [3.63, 3.8) is 0 Å². The maximum atomic E-state index is 13.4. The van der Waals surface area contributed by atoms with Crippen LogP contribution in [0.15, 0.2) is 35.5 Å². The van der Waals surface area contributed by atoms with Crippen LogP contribution in [-0.2, 0) is 14.8 Å². The Bertz CT molecular complexity index is 929. The van der Waals surface area contributed by atoms with Gasteiger partial charge in [-0.1, -0.05) is 17.6 Å². The van der Waals surface area contributed by atoms with Crippen LogP contribution in [0.5, 0.6) is 0 Å². The van der Waals surface area contributed by atoms with Gasteiger partial charge < -0.3 is 10.6 Å². The quantitative estimate of drug-likeness (QED) is 0.700. The lowest BCUT2D eigenvalue weighted by Gasteiger charge is -2.28. The van der Waals surface area contributed by atoms with E-state index in [0.29, 0.717) is 36.3 Å². The number of benzene rings is 1. The minimum atomic E-state index is -3.70. The van der Waals surface area contributed by atoms with Gasteiger partial charge in [0, 0.05) is 43.5 Å². The molecule has 0 radical (unpaired) electrons. The average molecular weight is 374 g/mol. The van der Waals surface area contributed by atoms with Gasteiger partial charge in [0.25, 0.3) is 0 Å². The highest BCUT2D eigenvalue weighted by atomic mass is 32.2. The zero-order valence-electron chi connectivity index (χ0n) is 15.1. The van der Waals surface area contributed by atoms with Gasteiger partial charge in [-0.05, 0) is 24.8 Å². The van der Waals surface area contributed by atoms with Gasteiger partial charge in [0.2, 0.25) is 15.9 Å². The molecule has 1 fully saturated rings. The van der Waals surface area contributed by atoms with Gasteiger partial charge in [0.15, 0.2) is 0 Å². The molecule has 1 aliphatic rings. The molecule has 1 aromatic carbocycles. The van der Waals surface area contributed by atoms with E-state index in [0.717, 1.165) is 10.8 Å². The predicted octanol–water partition coefficient (Wildman–Crippen LogP) is -0.937. The Morgan fingerprint density at radius 3 is 2.85 bits per heavy atom. The Kier molecular flexibility index (Phi) is 5.31. The number of carbonyl (C=O) groups is 1. The van der Waals surface area contributed by atoms with Gasteiger partial charge in [0.05, 0.1) is 11.4 Å². The summed E-state index contributed by atoms with van der Waals surface area (Å²) in [5.74, 6) is -0.150. The Hall–Kier alpha value is -1.97. The van der Waals surface area contributed by atoms with Crippen molar-refractivity contribution in [3.05, 3.63) is 30.6 Å². The normalized spacial score (nSPS) is 19.5. The highest BCUT2D eigenvalue weighted by Gasteiger charge is 2.34. The van der Waals surface area contributed by atoms with Crippen LogP contribution in [0.2, 0.25) is 0 Å². The standard InChI is InChI=1S/C17H23BN4O3S/c1-12-11-21(16(23)8-19)6-3-7-22(12)26(24,25)15-5-2-4-13-9-20-10-14(18)17(13)15/h2,4-5,9-10,12H,3,6-8,11,18-19H2,1H3/t12-/m0/s1. The lowest BCUT2D eigenvalue weighted by molar-refractivity contribution is -0.129. The van der Waals surface area contributed by atoms with Gasteiger partial charge in [-0.3, -0.25) is 9.78 Å². The summed E-state index contributed by atoms with van der Waals surface area (Å²) in [4.78, 5) is 18.0. The first-order valence-corrected chi connectivity index (χ1v) is 10.1. The number of amides is 1. The fourth-order valence-corrected chi connectivity index (χ4v) is 5.51. The van der Waals surface area contributed by atoms with Crippen LogP contribution < -0.4 is 11.2 Å². The van der Waals surface area contributed by atoms with Crippen molar-refractivity contribution in [1.82, 2.24) is 14.2 Å². The summed E-state index contributed by atoms with van der Waals surface area (Å²) >= 11 is 0. The van der Waals surface area contributed by atoms with E-state index in [1.165, 1.54) is 4.31 Å². The summed E-state index contributed by atoms with van der Waals surface area (Å²) < 4.78 is 28.4. The third kappa shape index (κ3) is 3.34. The summed E-state index contributed by atoms with van der Waals surface area (Å²) in [5, 5.41) is 1.50. The summed E-state index contributed by atoms with van der Waals surface area (Å²) in [6.07, 6.45) is 3.93. The lowest BCUT2D eigenvalue weighted by atomic mass is 9.93. The minimum Gasteiger partial charge on any atom is -0.340 e. The molecule has 0 aliphatic carbocycles. The molecular formula is C17H23BN4O3S. The smallest absolute Gasteiger partial charge is 0.243 e. The largest absolute Gasteiger partial charge is 0.340 e. The van der Waals surface area contributed by atoms with Crippen LogP contribution in [0, 0.1) is 0 Å². The second kappa shape index (κ2) is 7.34. The number of sulfonamides is 1. The molecule has 0 bridgehead atoms. The molecular weight excluding hydrogens is 351 g/mol. The van der Waals surface area contributed by atoms with E-state index < -0.39 is 10.0 Å². The summed E-state index contributed by atoms with van der Waals surface area (Å²) in [6, 6.07) is 4.92. The summed E-state index contributed by atoms with van der Waals surface area (Å²) in [7, 11) is -1.84. The molecule has 3 rings (SSSR count). The predicted molar refractivity (Wildman–Crippen MR) is 104 cm³/mol. The van der Waals surface area contributed by atoms with E-state index in [2.05, 4.69) is 4.98 Å². The van der Waals surface area contributed by atoms with Crippen molar-refractivity contribution in [2.24, 2.45) is 5.73 Å². The summed E-state index contributed by atoms with van der Waals surface area (Å²) in [5.41, 5.74) is 6.28. The molecule has 9 heteroatoms. The van der Waals surface area contributed by atoms with Crippen LogP contribution in [0.4, 0.5) is 0 Å². The van der Waals surface area contributed by atoms with Gasteiger partial charge in [-0.25, -0.2) is 8.42 Å². The highest BCUT2D eigenvalue weighted by Crippen LogP contribution is 2.26. The van der Waals surface area contributed by atoms with Crippen molar-refractivity contribution in [2.45, 2.75) is 24.3 Å². The number of fused-ring (bicyclic) bond motifs is 1. The van der Waals surface area contributed by atoms with E-state index in [1.807, 2.05) is 20.8 Å². The molecule has 1 amide bonds. The number of rotatable bonds is 3. The maximum Gasteiger partial charge on any atom is 0.243 e. The molecule has 2 aromatic rings. The first-order valence-electron chi connectivity index (χ1n) is 8.69. The molecule has 0 spiro atoms. The second-order valence-corrected chi connectivity index (χ2v) is 8.53. The van der Waals surface area contributed by atoms with Crippen LogP contribution in [-0.4, -0.2) is 68.6 Å². The van der Waals surface area contributed by atoms with Crippen molar-refractivity contribution in [1.29, 1.82) is 0 Å². The number of aromatic nitrogens is 1. The van der Waals surface area contributed by atoms with Crippen LogP contribution in [0.25, 0.3) is 10.8 Å². The SMILES string of the molecule is Bc1cncc2cccc(S(=O)(=O)N3CCCN(C(=O)CN)C[C@@H]3C)c12. The Morgan fingerprint density at radius 2 is 2.12 bits per heavy atom. The van der Waals surface area contributed by atoms with Gasteiger partial charge in [-0.2, -0.15) is 4.31 Å². The second-order valence-electron chi connectivity index (χ2n) is 6.67. The highest BCUT2D eigenvalue weighted by molar-refractivity contribution is 7.89. The van der Waals surface area contributed by atoms with E-state index in [-0.39, 0.29) is 18.5 Å². The van der Waals surface area contributed by atoms with Gasteiger partial charge >= 0.3 is 0 Å². The van der Waals surface area contributed by atoms with Crippen molar-refractivity contribution in [3.8, 4) is 0 Å². The molecule has 1 saturated heterocycles. The topological polar surface area (TPSA) is 96.6 Å². The molecule has 0 saturated carbocycles. The molecule has 7 nitrogen and oxygen atoms in total. The van der Waals surface area contributed by atoms with E-state index >= 15 is 0 Å². The van der Waals surface area contributed by atoms with Crippen LogP contribution >= 0.6 is 0 Å². The average Bonchev–Trinajstić information content (AvgIpc) is 2.83. The molecule has 1 aliphatic heterocycles. The Balaban J connectivity index is 2.02. The van der Waals surface area contributed by atoms with E-state index in [1.54, 1.807) is 29.4 Å². The molecule has 2 N–H and O–H groups in total. The number of nitrogens with two attached hydrogens (primary N) is 1. The fraction of sp³-hybridized carbons (Fsp3) is 0.412. The lowest BCUT2D eigenvalue weighted by Crippen LogP contribution is -2.45.